The van der Waals surface area contributed by atoms with Gasteiger partial charge in [-0.1, -0.05) is 32.4 Å². The molecule has 0 bridgehead atoms. The Hall–Kier alpha value is 0.0500. The fraction of sp³-hybridized carbons (Fsp3) is 0.600. The minimum Gasteiger partial charge on any atom is -0.235 e. The lowest BCUT2D eigenvalue weighted by Crippen LogP contribution is -2.19. The Morgan fingerprint density at radius 2 is 1.82 bits per heavy atom. The zero-order valence-corrected chi connectivity index (χ0v) is 13.8. The van der Waals surface area contributed by atoms with Crippen molar-refractivity contribution < 1.29 is 8.42 Å². The smallest absolute Gasteiger partial charge is 0.154 e. The van der Waals surface area contributed by atoms with Crippen LogP contribution in [0.2, 0.25) is 5.15 Å². The van der Waals surface area contributed by atoms with Gasteiger partial charge in [-0.3, -0.25) is 0 Å². The molecule has 0 aliphatic heterocycles. The number of nitrogens with zero attached hydrogens (tertiary/aromatic N) is 2. The maximum absolute atomic E-state index is 11.2. The highest BCUT2D eigenvalue weighted by molar-refractivity contribution is 14.1. The average Bonchev–Trinajstić information content (AvgIpc) is 2.06. The molecule has 0 saturated heterocycles. The van der Waals surface area contributed by atoms with E-state index in [1.807, 2.05) is 20.8 Å². The number of sulfone groups is 1. The minimum absolute atomic E-state index is 0.188. The Morgan fingerprint density at radius 1 is 1.29 bits per heavy atom. The van der Waals surface area contributed by atoms with Crippen LogP contribution >= 0.6 is 34.2 Å². The van der Waals surface area contributed by atoms with Crippen LogP contribution in [0.5, 0.6) is 0 Å². The second-order valence-electron chi connectivity index (χ2n) is 4.91. The highest BCUT2D eigenvalue weighted by Crippen LogP contribution is 2.29. The number of hydrogen-bond acceptors (Lipinski definition) is 4. The Bertz CT molecular complexity index is 538. The third kappa shape index (κ3) is 4.33. The maximum Gasteiger partial charge on any atom is 0.154 e. The molecule has 0 saturated carbocycles. The molecule has 1 aromatic heterocycles. The molecule has 96 valence electrons. The molecule has 0 aliphatic rings. The van der Waals surface area contributed by atoms with Gasteiger partial charge in [0.25, 0.3) is 0 Å². The van der Waals surface area contributed by atoms with Crippen LogP contribution < -0.4 is 0 Å². The van der Waals surface area contributed by atoms with Crippen molar-refractivity contribution in [2.45, 2.75) is 31.9 Å². The van der Waals surface area contributed by atoms with Crippen molar-refractivity contribution >= 4 is 44.0 Å². The van der Waals surface area contributed by atoms with Gasteiger partial charge in [0.1, 0.15) is 16.7 Å². The predicted molar refractivity (Wildman–Crippen MR) is 77.0 cm³/mol. The van der Waals surface area contributed by atoms with Crippen LogP contribution in [0.25, 0.3) is 0 Å². The van der Waals surface area contributed by atoms with E-state index in [2.05, 4.69) is 32.6 Å². The van der Waals surface area contributed by atoms with E-state index in [4.69, 9.17) is 11.6 Å². The van der Waals surface area contributed by atoms with Gasteiger partial charge in [-0.15, -0.1) is 0 Å². The van der Waals surface area contributed by atoms with Crippen LogP contribution in [0, 0.1) is 3.57 Å². The summed E-state index contributed by atoms with van der Waals surface area (Å²) < 4.78 is 23.2. The van der Waals surface area contributed by atoms with Gasteiger partial charge in [0.05, 0.1) is 9.26 Å². The predicted octanol–water partition coefficient (Wildman–Crippen LogP) is 2.58. The SMILES string of the molecule is CC(C)(C)c1nc(CS(C)(=O)=O)nc(Cl)c1I. The molecule has 1 aromatic rings. The van der Waals surface area contributed by atoms with E-state index in [1.54, 1.807) is 0 Å². The summed E-state index contributed by atoms with van der Waals surface area (Å²) in [6.07, 6.45) is 1.15. The number of aromatic nitrogens is 2. The summed E-state index contributed by atoms with van der Waals surface area (Å²) >= 11 is 8.08. The summed E-state index contributed by atoms with van der Waals surface area (Å²) in [5.74, 6) is 0.0649. The monoisotopic (exact) mass is 388 g/mol. The summed E-state index contributed by atoms with van der Waals surface area (Å²) in [6.45, 7) is 5.99. The quantitative estimate of drug-likeness (QED) is 0.577. The van der Waals surface area contributed by atoms with Crippen LogP contribution in [0.3, 0.4) is 0 Å². The van der Waals surface area contributed by atoms with Gasteiger partial charge < -0.3 is 0 Å². The fourth-order valence-electron chi connectivity index (χ4n) is 1.26. The van der Waals surface area contributed by atoms with Gasteiger partial charge in [-0.25, -0.2) is 18.4 Å². The number of rotatable bonds is 2. The Kier molecular flexibility index (Phi) is 4.42. The average molecular weight is 389 g/mol. The molecule has 0 spiro atoms. The molecule has 1 rings (SSSR count). The highest BCUT2D eigenvalue weighted by Gasteiger charge is 2.23. The zero-order valence-electron chi connectivity index (χ0n) is 10.1. The molecule has 1 heterocycles. The van der Waals surface area contributed by atoms with E-state index in [9.17, 15) is 8.42 Å². The summed E-state index contributed by atoms with van der Waals surface area (Å²) in [4.78, 5) is 8.31. The lowest BCUT2D eigenvalue weighted by atomic mass is 9.92. The van der Waals surface area contributed by atoms with Crippen LogP contribution in [0.1, 0.15) is 32.3 Å². The van der Waals surface area contributed by atoms with Crippen LogP contribution in [-0.4, -0.2) is 24.6 Å². The lowest BCUT2D eigenvalue weighted by molar-refractivity contribution is 0.557. The normalized spacial score (nSPS) is 12.8. The molecule has 0 unspecified atom stereocenters. The molecule has 0 fully saturated rings. The van der Waals surface area contributed by atoms with E-state index < -0.39 is 9.84 Å². The Balaban J connectivity index is 3.34. The highest BCUT2D eigenvalue weighted by atomic mass is 127. The molecular weight excluding hydrogens is 375 g/mol. The first-order valence-electron chi connectivity index (χ1n) is 4.91. The van der Waals surface area contributed by atoms with Gasteiger partial charge in [0.15, 0.2) is 9.84 Å². The molecule has 4 nitrogen and oxygen atoms in total. The summed E-state index contributed by atoms with van der Waals surface area (Å²) in [7, 11) is -3.16. The van der Waals surface area contributed by atoms with Gasteiger partial charge >= 0.3 is 0 Å². The zero-order chi connectivity index (χ0) is 13.4. The van der Waals surface area contributed by atoms with E-state index in [1.165, 1.54) is 0 Å². The molecule has 0 aromatic carbocycles. The first kappa shape index (κ1) is 15.1. The molecule has 0 radical (unpaired) electrons. The second-order valence-corrected chi connectivity index (χ2v) is 8.49. The summed E-state index contributed by atoms with van der Waals surface area (Å²) in [5, 5.41) is 0.309. The van der Waals surface area contributed by atoms with Gasteiger partial charge in [0, 0.05) is 11.7 Å². The van der Waals surface area contributed by atoms with Crippen molar-refractivity contribution in [2.24, 2.45) is 0 Å². The molecule has 7 heteroatoms. The minimum atomic E-state index is -3.16. The largest absolute Gasteiger partial charge is 0.235 e. The number of halogens is 2. The molecule has 0 atom stereocenters. The van der Waals surface area contributed by atoms with Crippen molar-refractivity contribution in [1.29, 1.82) is 0 Å². The lowest BCUT2D eigenvalue weighted by Gasteiger charge is -2.20. The molecular formula is C10H14ClIN2O2S. The van der Waals surface area contributed by atoms with Crippen molar-refractivity contribution in [3.63, 3.8) is 0 Å². The standard InChI is InChI=1S/C10H14ClIN2O2S/c1-10(2,3)8-7(12)9(11)14-6(13-8)5-17(4,15)16/h5H2,1-4H3. The van der Waals surface area contributed by atoms with E-state index in [0.717, 1.165) is 15.5 Å². The van der Waals surface area contributed by atoms with Gasteiger partial charge in [0.2, 0.25) is 0 Å². The molecule has 0 N–H and O–H groups in total. The van der Waals surface area contributed by atoms with Crippen LogP contribution in [0.15, 0.2) is 0 Å². The molecule has 17 heavy (non-hydrogen) atoms. The third-order valence-corrected chi connectivity index (χ3v) is 4.36. The summed E-state index contributed by atoms with van der Waals surface area (Å²) in [5.41, 5.74) is 0.576. The summed E-state index contributed by atoms with van der Waals surface area (Å²) in [6, 6.07) is 0. The van der Waals surface area contributed by atoms with Crippen molar-refractivity contribution in [1.82, 2.24) is 9.97 Å². The van der Waals surface area contributed by atoms with E-state index in [0.29, 0.717) is 5.15 Å². The van der Waals surface area contributed by atoms with E-state index >= 15 is 0 Å². The van der Waals surface area contributed by atoms with Gasteiger partial charge in [-0.05, 0) is 22.6 Å². The van der Waals surface area contributed by atoms with Crippen LogP contribution in [0.4, 0.5) is 0 Å². The van der Waals surface area contributed by atoms with Crippen molar-refractivity contribution in [3.05, 3.63) is 20.2 Å². The maximum atomic E-state index is 11.2. The number of hydrogen-bond donors (Lipinski definition) is 0. The Labute approximate surface area is 120 Å². The van der Waals surface area contributed by atoms with E-state index in [-0.39, 0.29) is 17.0 Å². The Morgan fingerprint density at radius 3 is 2.24 bits per heavy atom. The molecule has 0 aliphatic carbocycles. The first-order chi connectivity index (χ1) is 7.50. The van der Waals surface area contributed by atoms with Crippen molar-refractivity contribution in [2.75, 3.05) is 6.26 Å². The van der Waals surface area contributed by atoms with Crippen molar-refractivity contribution in [3.8, 4) is 0 Å². The first-order valence-corrected chi connectivity index (χ1v) is 8.42. The topological polar surface area (TPSA) is 59.9 Å². The van der Waals surface area contributed by atoms with Gasteiger partial charge in [-0.2, -0.15) is 0 Å². The van der Waals surface area contributed by atoms with Crippen LogP contribution in [-0.2, 0) is 21.0 Å². The fourth-order valence-corrected chi connectivity index (χ4v) is 3.09. The molecule has 0 amide bonds. The second kappa shape index (κ2) is 4.97. The third-order valence-electron chi connectivity index (χ3n) is 1.96.